The third-order valence-corrected chi connectivity index (χ3v) is 3.38. The van der Waals surface area contributed by atoms with Gasteiger partial charge >= 0.3 is 0 Å². The van der Waals surface area contributed by atoms with Gasteiger partial charge in [-0.15, -0.1) is 0 Å². The molecule has 0 aliphatic carbocycles. The number of hydrogen-bond acceptors (Lipinski definition) is 4. The van der Waals surface area contributed by atoms with Gasteiger partial charge in [-0.2, -0.15) is 5.10 Å². The number of fused-ring (bicyclic) bond motifs is 1. The molecule has 0 fully saturated rings. The van der Waals surface area contributed by atoms with Crippen LogP contribution in [-0.2, 0) is 0 Å². The van der Waals surface area contributed by atoms with Crippen molar-refractivity contribution < 1.29 is 9.53 Å². The summed E-state index contributed by atoms with van der Waals surface area (Å²) in [6, 6.07) is 10.8. The first-order valence-corrected chi connectivity index (χ1v) is 7.45. The van der Waals surface area contributed by atoms with Crippen LogP contribution in [0.2, 0.25) is 0 Å². The molecule has 3 rings (SSSR count). The van der Waals surface area contributed by atoms with E-state index in [1.54, 1.807) is 22.7 Å². The number of carbonyl (C=O) groups excluding carboxylic acids is 1. The van der Waals surface area contributed by atoms with Gasteiger partial charge in [0, 0.05) is 17.4 Å². The van der Waals surface area contributed by atoms with Crippen LogP contribution in [0.15, 0.2) is 36.4 Å². The van der Waals surface area contributed by atoms with Crippen LogP contribution in [0.25, 0.3) is 5.65 Å². The number of anilines is 1. The van der Waals surface area contributed by atoms with E-state index in [0.29, 0.717) is 23.6 Å². The Balaban J connectivity index is 1.82. The van der Waals surface area contributed by atoms with Gasteiger partial charge in [0.15, 0.2) is 5.65 Å². The molecule has 0 aliphatic rings. The average Bonchev–Trinajstić information content (AvgIpc) is 2.90. The lowest BCUT2D eigenvalue weighted by Gasteiger charge is -2.08. The number of amides is 1. The van der Waals surface area contributed by atoms with Crippen LogP contribution in [0.4, 0.5) is 5.69 Å². The number of hydrogen-bond donors (Lipinski definition) is 1. The highest BCUT2D eigenvalue weighted by molar-refractivity contribution is 6.03. The van der Waals surface area contributed by atoms with Crippen LogP contribution >= 0.6 is 0 Å². The molecule has 1 N–H and O–H groups in total. The van der Waals surface area contributed by atoms with Crippen molar-refractivity contribution >= 4 is 17.2 Å². The molecule has 6 heteroatoms. The lowest BCUT2D eigenvalue weighted by Crippen LogP contribution is -2.15. The summed E-state index contributed by atoms with van der Waals surface area (Å²) >= 11 is 0. The molecule has 118 valence electrons. The second kappa shape index (κ2) is 6.08. The van der Waals surface area contributed by atoms with E-state index < -0.39 is 0 Å². The monoisotopic (exact) mass is 310 g/mol. The SMILES string of the molecule is CCOc1ccc(NC(=O)c2cc(C)n3nc(C)cc3n2)cc1. The summed E-state index contributed by atoms with van der Waals surface area (Å²) in [6.07, 6.45) is 0. The molecule has 23 heavy (non-hydrogen) atoms. The van der Waals surface area contributed by atoms with E-state index in [4.69, 9.17) is 4.74 Å². The van der Waals surface area contributed by atoms with Gasteiger partial charge in [0.05, 0.1) is 12.3 Å². The number of aryl methyl sites for hydroxylation is 2. The lowest BCUT2D eigenvalue weighted by atomic mass is 10.2. The van der Waals surface area contributed by atoms with Crippen LogP contribution in [-0.4, -0.2) is 27.1 Å². The smallest absolute Gasteiger partial charge is 0.274 e. The van der Waals surface area contributed by atoms with Crippen molar-refractivity contribution in [2.24, 2.45) is 0 Å². The fraction of sp³-hybridized carbons (Fsp3) is 0.235. The predicted octanol–water partition coefficient (Wildman–Crippen LogP) is 3.00. The van der Waals surface area contributed by atoms with Crippen molar-refractivity contribution in [3.63, 3.8) is 0 Å². The summed E-state index contributed by atoms with van der Waals surface area (Å²) in [7, 11) is 0. The Morgan fingerprint density at radius 1 is 1.22 bits per heavy atom. The first-order chi connectivity index (χ1) is 11.1. The Kier molecular flexibility index (Phi) is 3.97. The molecule has 1 amide bonds. The summed E-state index contributed by atoms with van der Waals surface area (Å²) in [5.41, 5.74) is 3.45. The maximum absolute atomic E-state index is 12.4. The Bertz CT molecular complexity index is 853. The molecular weight excluding hydrogens is 292 g/mol. The summed E-state index contributed by atoms with van der Waals surface area (Å²) in [5, 5.41) is 7.17. The van der Waals surface area contributed by atoms with Gasteiger partial charge in [-0.3, -0.25) is 4.79 Å². The molecular formula is C17H18N4O2. The molecule has 1 aromatic carbocycles. The molecule has 2 aromatic heterocycles. The third-order valence-electron chi connectivity index (χ3n) is 3.38. The Morgan fingerprint density at radius 2 is 1.96 bits per heavy atom. The molecule has 0 saturated heterocycles. The third kappa shape index (κ3) is 3.15. The fourth-order valence-electron chi connectivity index (χ4n) is 2.35. The van der Waals surface area contributed by atoms with Gasteiger partial charge in [-0.05, 0) is 51.1 Å². The fourth-order valence-corrected chi connectivity index (χ4v) is 2.35. The highest BCUT2D eigenvalue weighted by atomic mass is 16.5. The predicted molar refractivity (Wildman–Crippen MR) is 88.0 cm³/mol. The van der Waals surface area contributed by atoms with E-state index in [9.17, 15) is 4.79 Å². The van der Waals surface area contributed by atoms with E-state index >= 15 is 0 Å². The number of nitrogens with zero attached hydrogens (tertiary/aromatic N) is 3. The summed E-state index contributed by atoms with van der Waals surface area (Å²) in [4.78, 5) is 16.8. The first kappa shape index (κ1) is 15.0. The zero-order valence-corrected chi connectivity index (χ0v) is 13.3. The minimum absolute atomic E-state index is 0.251. The van der Waals surface area contributed by atoms with Crippen molar-refractivity contribution in [2.75, 3.05) is 11.9 Å². The zero-order chi connectivity index (χ0) is 16.4. The second-order valence-electron chi connectivity index (χ2n) is 5.25. The van der Waals surface area contributed by atoms with Crippen molar-refractivity contribution in [1.82, 2.24) is 14.6 Å². The number of nitrogens with one attached hydrogen (secondary N) is 1. The van der Waals surface area contributed by atoms with Gasteiger partial charge in [0.2, 0.25) is 0 Å². The summed E-state index contributed by atoms with van der Waals surface area (Å²) in [6.45, 7) is 6.33. The average molecular weight is 310 g/mol. The van der Waals surface area contributed by atoms with E-state index in [2.05, 4.69) is 15.4 Å². The number of ether oxygens (including phenoxy) is 1. The van der Waals surface area contributed by atoms with E-state index in [1.165, 1.54) is 0 Å². The van der Waals surface area contributed by atoms with Crippen molar-refractivity contribution in [2.45, 2.75) is 20.8 Å². The Morgan fingerprint density at radius 3 is 2.65 bits per heavy atom. The van der Waals surface area contributed by atoms with Crippen LogP contribution in [0, 0.1) is 13.8 Å². The van der Waals surface area contributed by atoms with E-state index in [0.717, 1.165) is 17.1 Å². The number of carbonyl (C=O) groups is 1. The molecule has 6 nitrogen and oxygen atoms in total. The van der Waals surface area contributed by atoms with Crippen LogP contribution in [0.1, 0.15) is 28.8 Å². The van der Waals surface area contributed by atoms with Crippen LogP contribution in [0.5, 0.6) is 5.75 Å². The molecule has 0 spiro atoms. The first-order valence-electron chi connectivity index (χ1n) is 7.45. The number of rotatable bonds is 4. The molecule has 3 aromatic rings. The Labute approximate surface area is 134 Å². The standard InChI is InChI=1S/C17H18N4O2/c1-4-23-14-7-5-13(6-8-14)18-17(22)15-10-12(3)21-16(19-15)9-11(2)20-21/h5-10H,4H2,1-3H3,(H,18,22). The normalized spacial score (nSPS) is 10.7. The largest absolute Gasteiger partial charge is 0.494 e. The van der Waals surface area contributed by atoms with Gasteiger partial charge < -0.3 is 10.1 Å². The number of benzene rings is 1. The highest BCUT2D eigenvalue weighted by Gasteiger charge is 2.12. The van der Waals surface area contributed by atoms with Gasteiger partial charge in [0.1, 0.15) is 11.4 Å². The molecule has 0 bridgehead atoms. The minimum Gasteiger partial charge on any atom is -0.494 e. The van der Waals surface area contributed by atoms with Gasteiger partial charge in [-0.25, -0.2) is 9.50 Å². The Hall–Kier alpha value is -2.89. The molecule has 0 saturated carbocycles. The lowest BCUT2D eigenvalue weighted by molar-refractivity contribution is 0.102. The summed E-state index contributed by atoms with van der Waals surface area (Å²) in [5.74, 6) is 0.522. The van der Waals surface area contributed by atoms with Crippen molar-refractivity contribution in [1.29, 1.82) is 0 Å². The van der Waals surface area contributed by atoms with Crippen LogP contribution in [0.3, 0.4) is 0 Å². The van der Waals surface area contributed by atoms with Gasteiger partial charge in [-0.1, -0.05) is 0 Å². The van der Waals surface area contributed by atoms with Crippen LogP contribution < -0.4 is 10.1 Å². The molecule has 0 radical (unpaired) electrons. The second-order valence-corrected chi connectivity index (χ2v) is 5.25. The zero-order valence-electron chi connectivity index (χ0n) is 13.3. The van der Waals surface area contributed by atoms with E-state index in [1.807, 2.05) is 39.0 Å². The molecule has 2 heterocycles. The molecule has 0 atom stereocenters. The summed E-state index contributed by atoms with van der Waals surface area (Å²) < 4.78 is 7.11. The van der Waals surface area contributed by atoms with E-state index in [-0.39, 0.29) is 5.91 Å². The van der Waals surface area contributed by atoms with Crippen molar-refractivity contribution in [3.8, 4) is 5.75 Å². The maximum Gasteiger partial charge on any atom is 0.274 e. The quantitative estimate of drug-likeness (QED) is 0.804. The maximum atomic E-state index is 12.4. The number of aromatic nitrogens is 3. The molecule has 0 aliphatic heterocycles. The topological polar surface area (TPSA) is 68.5 Å². The highest BCUT2D eigenvalue weighted by Crippen LogP contribution is 2.17. The molecule has 0 unspecified atom stereocenters. The minimum atomic E-state index is -0.251. The van der Waals surface area contributed by atoms with Crippen molar-refractivity contribution in [3.05, 3.63) is 53.5 Å². The van der Waals surface area contributed by atoms with Gasteiger partial charge in [0.25, 0.3) is 5.91 Å².